The largest absolute Gasteiger partial charge is 0.488 e. The average molecular weight is 266 g/mol. The summed E-state index contributed by atoms with van der Waals surface area (Å²) in [5, 5.41) is 2.28. The van der Waals surface area contributed by atoms with Crippen molar-refractivity contribution in [2.75, 3.05) is 13.7 Å². The van der Waals surface area contributed by atoms with E-state index in [1.807, 2.05) is 30.3 Å². The van der Waals surface area contributed by atoms with E-state index in [1.54, 1.807) is 0 Å². The van der Waals surface area contributed by atoms with Gasteiger partial charge in [0.15, 0.2) is 0 Å². The minimum atomic E-state index is -0.452. The molecule has 0 aliphatic heterocycles. The van der Waals surface area contributed by atoms with E-state index in [9.17, 15) is 4.79 Å². The number of carbonyl (C=O) groups is 1. The quantitative estimate of drug-likeness (QED) is 0.282. The fourth-order valence-corrected chi connectivity index (χ4v) is 1.73. The number of methoxy groups -OCH3 is 1. The number of rotatable bonds is 3. The molecule has 100 valence electrons. The Bertz CT molecular complexity index is 685. The van der Waals surface area contributed by atoms with Gasteiger partial charge < -0.3 is 9.47 Å². The van der Waals surface area contributed by atoms with E-state index in [0.717, 1.165) is 16.3 Å². The van der Waals surface area contributed by atoms with Crippen LogP contribution in [0.1, 0.15) is 5.56 Å². The first-order valence-electron chi connectivity index (χ1n) is 6.14. The maximum atomic E-state index is 10.8. The molecule has 3 heteroatoms. The van der Waals surface area contributed by atoms with Gasteiger partial charge in [0.1, 0.15) is 6.61 Å². The number of hydrogen-bond acceptors (Lipinski definition) is 3. The summed E-state index contributed by atoms with van der Waals surface area (Å²) in [5.74, 6) is 5.52. The van der Waals surface area contributed by atoms with Crippen molar-refractivity contribution in [3.8, 4) is 11.8 Å². The molecular weight excluding hydrogens is 252 g/mol. The molecule has 0 aliphatic rings. The second kappa shape index (κ2) is 7.01. The van der Waals surface area contributed by atoms with Crippen molar-refractivity contribution < 1.29 is 14.3 Å². The molecule has 0 saturated heterocycles. The molecule has 0 spiro atoms. The molecule has 0 N–H and O–H groups in total. The van der Waals surface area contributed by atoms with Gasteiger partial charge in [-0.15, -0.1) is 0 Å². The van der Waals surface area contributed by atoms with Crippen LogP contribution in [0.15, 0.2) is 54.8 Å². The van der Waals surface area contributed by atoms with E-state index in [4.69, 9.17) is 4.74 Å². The first-order valence-corrected chi connectivity index (χ1v) is 6.14. The van der Waals surface area contributed by atoms with Gasteiger partial charge in [0.25, 0.3) is 0 Å². The van der Waals surface area contributed by atoms with Crippen LogP contribution in [0.3, 0.4) is 0 Å². The summed E-state index contributed by atoms with van der Waals surface area (Å²) < 4.78 is 9.52. The molecule has 0 aliphatic carbocycles. The maximum absolute atomic E-state index is 10.8. The van der Waals surface area contributed by atoms with E-state index in [-0.39, 0.29) is 6.61 Å². The van der Waals surface area contributed by atoms with Gasteiger partial charge in [-0.25, -0.2) is 4.79 Å². The summed E-state index contributed by atoms with van der Waals surface area (Å²) in [4.78, 5) is 10.8. The highest BCUT2D eigenvalue weighted by Gasteiger charge is 1.95. The smallest absolute Gasteiger partial charge is 0.333 e. The lowest BCUT2D eigenvalue weighted by Crippen LogP contribution is -1.94. The minimum absolute atomic E-state index is 0.219. The van der Waals surface area contributed by atoms with Crippen LogP contribution in [0.25, 0.3) is 10.8 Å². The normalized spacial score (nSPS) is 10.1. The third-order valence-corrected chi connectivity index (χ3v) is 2.67. The summed E-state index contributed by atoms with van der Waals surface area (Å²) in [6.07, 6.45) is 2.49. The molecule has 0 amide bonds. The molecule has 3 nitrogen and oxygen atoms in total. The molecular formula is C17H14O3. The first-order chi connectivity index (χ1) is 9.81. The van der Waals surface area contributed by atoms with Crippen LogP contribution in [0.4, 0.5) is 0 Å². The highest BCUT2D eigenvalue weighted by atomic mass is 16.5. The molecule has 0 heterocycles. The van der Waals surface area contributed by atoms with Crippen LogP contribution < -0.4 is 0 Å². The molecule has 0 unspecified atom stereocenters. The molecule has 0 fully saturated rings. The lowest BCUT2D eigenvalue weighted by atomic mass is 10.1. The molecule has 0 bridgehead atoms. The standard InChI is InChI=1S/C17H14O3/c1-19-17(18)11-13-20-12-5-9-15-8-4-7-14-6-2-3-10-16(14)15/h2-4,6-8,10-11,13H,12H2,1H3/b13-11+. The Hall–Kier alpha value is -2.73. The Morgan fingerprint density at radius 1 is 1.20 bits per heavy atom. The maximum Gasteiger partial charge on any atom is 0.333 e. The molecule has 20 heavy (non-hydrogen) atoms. The van der Waals surface area contributed by atoms with Gasteiger partial charge >= 0.3 is 5.97 Å². The van der Waals surface area contributed by atoms with E-state index in [2.05, 4.69) is 28.7 Å². The molecule has 2 rings (SSSR count). The lowest BCUT2D eigenvalue weighted by molar-refractivity contribution is -0.134. The van der Waals surface area contributed by atoms with Crippen molar-refractivity contribution in [1.29, 1.82) is 0 Å². The number of carbonyl (C=O) groups excluding carboxylic acids is 1. The molecule has 2 aromatic rings. The summed E-state index contributed by atoms with van der Waals surface area (Å²) >= 11 is 0. The van der Waals surface area contributed by atoms with Crippen molar-refractivity contribution in [3.63, 3.8) is 0 Å². The molecule has 2 aromatic carbocycles. The number of benzene rings is 2. The van der Waals surface area contributed by atoms with Crippen LogP contribution in [0.2, 0.25) is 0 Å². The first kappa shape index (κ1) is 13.7. The number of esters is 1. The summed E-state index contributed by atoms with van der Waals surface area (Å²) in [5.41, 5.74) is 0.962. The Morgan fingerprint density at radius 2 is 2.00 bits per heavy atom. The minimum Gasteiger partial charge on any atom is -0.488 e. The highest BCUT2D eigenvalue weighted by molar-refractivity contribution is 5.88. The van der Waals surface area contributed by atoms with Crippen molar-refractivity contribution in [3.05, 3.63) is 60.4 Å². The van der Waals surface area contributed by atoms with Crippen LogP contribution in [0.5, 0.6) is 0 Å². The third-order valence-electron chi connectivity index (χ3n) is 2.67. The van der Waals surface area contributed by atoms with Crippen LogP contribution in [0, 0.1) is 11.8 Å². The van der Waals surface area contributed by atoms with E-state index >= 15 is 0 Å². The van der Waals surface area contributed by atoms with Gasteiger partial charge in [-0.2, -0.15) is 0 Å². The van der Waals surface area contributed by atoms with Gasteiger partial charge in [-0.05, 0) is 16.8 Å². The topological polar surface area (TPSA) is 35.5 Å². The van der Waals surface area contributed by atoms with Gasteiger partial charge in [0.2, 0.25) is 0 Å². The zero-order valence-electron chi connectivity index (χ0n) is 11.1. The Labute approximate surface area is 117 Å². The van der Waals surface area contributed by atoms with Crippen molar-refractivity contribution in [2.24, 2.45) is 0 Å². The van der Waals surface area contributed by atoms with Crippen LogP contribution in [-0.2, 0) is 14.3 Å². The summed E-state index contributed by atoms with van der Waals surface area (Å²) in [7, 11) is 1.31. The van der Waals surface area contributed by atoms with Gasteiger partial charge in [0, 0.05) is 5.56 Å². The van der Waals surface area contributed by atoms with Gasteiger partial charge in [-0.3, -0.25) is 0 Å². The SMILES string of the molecule is COC(=O)/C=C/OCC#Cc1cccc2ccccc12. The molecule has 0 radical (unpaired) electrons. The number of fused-ring (bicyclic) bond motifs is 1. The average Bonchev–Trinajstić information content (AvgIpc) is 2.50. The van der Waals surface area contributed by atoms with Crippen LogP contribution >= 0.6 is 0 Å². The Morgan fingerprint density at radius 3 is 2.85 bits per heavy atom. The fraction of sp³-hybridized carbons (Fsp3) is 0.118. The van der Waals surface area contributed by atoms with Gasteiger partial charge in [0.05, 0.1) is 19.4 Å². The third kappa shape index (κ3) is 3.63. The van der Waals surface area contributed by atoms with E-state index in [0.29, 0.717) is 0 Å². The van der Waals surface area contributed by atoms with E-state index < -0.39 is 5.97 Å². The van der Waals surface area contributed by atoms with Crippen molar-refractivity contribution in [1.82, 2.24) is 0 Å². The predicted molar refractivity (Wildman–Crippen MR) is 77.9 cm³/mol. The molecule has 0 atom stereocenters. The fourth-order valence-electron chi connectivity index (χ4n) is 1.73. The Kier molecular flexibility index (Phi) is 4.80. The van der Waals surface area contributed by atoms with E-state index in [1.165, 1.54) is 19.4 Å². The van der Waals surface area contributed by atoms with Crippen molar-refractivity contribution in [2.45, 2.75) is 0 Å². The Balaban J connectivity index is 2.01. The zero-order valence-corrected chi connectivity index (χ0v) is 11.1. The monoisotopic (exact) mass is 266 g/mol. The summed E-state index contributed by atoms with van der Waals surface area (Å²) in [6.45, 7) is 0.219. The second-order valence-corrected chi connectivity index (χ2v) is 3.97. The predicted octanol–water partition coefficient (Wildman–Crippen LogP) is 2.89. The zero-order chi connectivity index (χ0) is 14.2. The van der Waals surface area contributed by atoms with Crippen molar-refractivity contribution >= 4 is 16.7 Å². The molecule has 0 saturated carbocycles. The molecule has 0 aromatic heterocycles. The lowest BCUT2D eigenvalue weighted by Gasteiger charge is -1.99. The van der Waals surface area contributed by atoms with Crippen LogP contribution in [-0.4, -0.2) is 19.7 Å². The second-order valence-electron chi connectivity index (χ2n) is 3.97. The van der Waals surface area contributed by atoms with Gasteiger partial charge in [-0.1, -0.05) is 48.2 Å². The number of hydrogen-bond donors (Lipinski definition) is 0. The highest BCUT2D eigenvalue weighted by Crippen LogP contribution is 2.17. The summed E-state index contributed by atoms with van der Waals surface area (Å²) in [6, 6.07) is 14.1. The number of ether oxygens (including phenoxy) is 2.